The molecule has 2 amide bonds. The number of hydrogen-bond donors (Lipinski definition) is 1. The molecule has 1 aliphatic carbocycles. The Hall–Kier alpha value is -1.16. The van der Waals surface area contributed by atoms with E-state index >= 15 is 0 Å². The predicted molar refractivity (Wildman–Crippen MR) is 49.4 cm³/mol. The van der Waals surface area contributed by atoms with Crippen LogP contribution in [0.3, 0.4) is 0 Å². The molecule has 4 heteroatoms. The van der Waals surface area contributed by atoms with Crippen molar-refractivity contribution in [3.8, 4) is 0 Å². The van der Waals surface area contributed by atoms with Crippen LogP contribution in [0, 0.1) is 0 Å². The van der Waals surface area contributed by atoms with E-state index < -0.39 is 0 Å². The molecule has 0 aromatic heterocycles. The zero-order valence-corrected chi connectivity index (χ0v) is 8.13. The maximum absolute atomic E-state index is 11.3. The van der Waals surface area contributed by atoms with Gasteiger partial charge in [0.15, 0.2) is 0 Å². The van der Waals surface area contributed by atoms with Gasteiger partial charge in [-0.3, -0.25) is 14.9 Å². The Balaban J connectivity index is 1.99. The summed E-state index contributed by atoms with van der Waals surface area (Å²) in [5.41, 5.74) is 1.76. The van der Waals surface area contributed by atoms with Gasteiger partial charge in [0.2, 0.25) is 5.91 Å². The molecule has 0 aromatic rings. The van der Waals surface area contributed by atoms with Crippen LogP contribution < -0.4 is 5.32 Å². The molecule has 2 rings (SSSR count). The molecule has 4 nitrogen and oxygen atoms in total. The number of amides is 2. The number of imide groups is 1. The summed E-state index contributed by atoms with van der Waals surface area (Å²) in [4.78, 5) is 22.2. The fourth-order valence-electron chi connectivity index (χ4n) is 1.86. The molecule has 1 N–H and O–H groups in total. The summed E-state index contributed by atoms with van der Waals surface area (Å²) < 4.78 is 5.38. The average molecular weight is 195 g/mol. The van der Waals surface area contributed by atoms with Crippen molar-refractivity contribution < 1.29 is 14.3 Å². The van der Waals surface area contributed by atoms with Crippen LogP contribution >= 0.6 is 0 Å². The lowest BCUT2D eigenvalue weighted by Crippen LogP contribution is -2.27. The second kappa shape index (κ2) is 3.53. The summed E-state index contributed by atoms with van der Waals surface area (Å²) in [5, 5.41) is 2.29. The van der Waals surface area contributed by atoms with Crippen LogP contribution in [0.25, 0.3) is 0 Å². The van der Waals surface area contributed by atoms with E-state index in [0.717, 1.165) is 18.4 Å². The standard InChI is InChI=1S/C10H13NO3/c1-2-14-7-3-6(4-7)8-5-9(12)11-10(8)13/h7H,2-5H2,1H3,(H,11,12,13). The van der Waals surface area contributed by atoms with Gasteiger partial charge in [0.1, 0.15) is 0 Å². The maximum atomic E-state index is 11.3. The number of ether oxygens (including phenoxy) is 1. The quantitative estimate of drug-likeness (QED) is 0.516. The highest BCUT2D eigenvalue weighted by molar-refractivity contribution is 6.13. The lowest BCUT2D eigenvalue weighted by molar-refractivity contribution is -0.124. The van der Waals surface area contributed by atoms with Gasteiger partial charge in [-0.25, -0.2) is 0 Å². The van der Waals surface area contributed by atoms with Crippen LogP contribution in [0.5, 0.6) is 0 Å². The van der Waals surface area contributed by atoms with Crippen molar-refractivity contribution in [2.45, 2.75) is 32.3 Å². The van der Waals surface area contributed by atoms with Crippen molar-refractivity contribution in [2.75, 3.05) is 6.61 Å². The van der Waals surface area contributed by atoms with Gasteiger partial charge >= 0.3 is 0 Å². The summed E-state index contributed by atoms with van der Waals surface area (Å²) in [6, 6.07) is 0. The van der Waals surface area contributed by atoms with Gasteiger partial charge in [-0.05, 0) is 19.8 Å². The molecular weight excluding hydrogens is 182 g/mol. The number of carbonyl (C=O) groups excluding carboxylic acids is 2. The minimum absolute atomic E-state index is 0.183. The summed E-state index contributed by atoms with van der Waals surface area (Å²) in [6.07, 6.45) is 2.13. The van der Waals surface area contributed by atoms with Crippen molar-refractivity contribution in [3.63, 3.8) is 0 Å². The minimum atomic E-state index is -0.208. The highest BCUT2D eigenvalue weighted by atomic mass is 16.5. The zero-order chi connectivity index (χ0) is 10.1. The van der Waals surface area contributed by atoms with Gasteiger partial charge in [0, 0.05) is 12.2 Å². The first-order valence-electron chi connectivity index (χ1n) is 4.87. The zero-order valence-electron chi connectivity index (χ0n) is 8.13. The Kier molecular flexibility index (Phi) is 2.37. The van der Waals surface area contributed by atoms with Crippen molar-refractivity contribution in [1.82, 2.24) is 5.32 Å². The van der Waals surface area contributed by atoms with Gasteiger partial charge in [-0.1, -0.05) is 5.57 Å². The van der Waals surface area contributed by atoms with Crippen molar-refractivity contribution in [1.29, 1.82) is 0 Å². The first-order chi connectivity index (χ1) is 6.70. The van der Waals surface area contributed by atoms with Crippen molar-refractivity contribution >= 4 is 11.8 Å². The SMILES string of the molecule is CCOC1CC(=C2CC(=O)NC2=O)C1. The molecule has 1 saturated carbocycles. The number of hydrogen-bond acceptors (Lipinski definition) is 3. The first-order valence-corrected chi connectivity index (χ1v) is 4.87. The second-order valence-electron chi connectivity index (χ2n) is 3.62. The van der Waals surface area contributed by atoms with Gasteiger partial charge < -0.3 is 4.74 Å². The van der Waals surface area contributed by atoms with Crippen LogP contribution in [0.1, 0.15) is 26.2 Å². The number of carbonyl (C=O) groups is 2. The van der Waals surface area contributed by atoms with Crippen LogP contribution in [0.2, 0.25) is 0 Å². The van der Waals surface area contributed by atoms with Crippen molar-refractivity contribution in [2.24, 2.45) is 0 Å². The summed E-state index contributed by atoms with van der Waals surface area (Å²) in [6.45, 7) is 2.66. The molecule has 1 aliphatic heterocycles. The Morgan fingerprint density at radius 1 is 1.43 bits per heavy atom. The van der Waals surface area contributed by atoms with E-state index in [-0.39, 0.29) is 24.3 Å². The summed E-state index contributed by atoms with van der Waals surface area (Å²) >= 11 is 0. The molecule has 14 heavy (non-hydrogen) atoms. The van der Waals surface area contributed by atoms with Crippen LogP contribution in [-0.2, 0) is 14.3 Å². The summed E-state index contributed by atoms with van der Waals surface area (Å²) in [5.74, 6) is -0.391. The molecule has 2 fully saturated rings. The smallest absolute Gasteiger partial charge is 0.254 e. The summed E-state index contributed by atoms with van der Waals surface area (Å²) in [7, 11) is 0. The van der Waals surface area contributed by atoms with Crippen LogP contribution in [0.15, 0.2) is 11.1 Å². The van der Waals surface area contributed by atoms with E-state index in [9.17, 15) is 9.59 Å². The lowest BCUT2D eigenvalue weighted by atomic mass is 9.84. The average Bonchev–Trinajstić information content (AvgIpc) is 2.37. The molecule has 1 saturated heterocycles. The second-order valence-corrected chi connectivity index (χ2v) is 3.62. The van der Waals surface area contributed by atoms with Gasteiger partial charge in [-0.2, -0.15) is 0 Å². The first kappa shape index (κ1) is 9.40. The van der Waals surface area contributed by atoms with E-state index in [1.165, 1.54) is 0 Å². The number of rotatable bonds is 2. The van der Waals surface area contributed by atoms with Crippen LogP contribution in [-0.4, -0.2) is 24.5 Å². The molecule has 0 radical (unpaired) electrons. The molecule has 0 spiro atoms. The Morgan fingerprint density at radius 3 is 2.64 bits per heavy atom. The van der Waals surface area contributed by atoms with E-state index in [0.29, 0.717) is 12.2 Å². The lowest BCUT2D eigenvalue weighted by Gasteiger charge is -2.29. The van der Waals surface area contributed by atoms with Gasteiger partial charge in [-0.15, -0.1) is 0 Å². The Bertz CT molecular complexity index is 311. The van der Waals surface area contributed by atoms with E-state index in [4.69, 9.17) is 4.74 Å². The predicted octanol–water partition coefficient (Wildman–Crippen LogP) is 0.528. The fourth-order valence-corrected chi connectivity index (χ4v) is 1.86. The van der Waals surface area contributed by atoms with E-state index in [1.54, 1.807) is 0 Å². The third kappa shape index (κ3) is 1.57. The monoisotopic (exact) mass is 195 g/mol. The topological polar surface area (TPSA) is 55.4 Å². The third-order valence-electron chi connectivity index (χ3n) is 2.64. The highest BCUT2D eigenvalue weighted by Gasteiger charge is 2.33. The Labute approximate surface area is 82.3 Å². The molecule has 0 bridgehead atoms. The molecule has 0 aromatic carbocycles. The molecule has 0 unspecified atom stereocenters. The molecule has 1 heterocycles. The maximum Gasteiger partial charge on any atom is 0.254 e. The Morgan fingerprint density at radius 2 is 2.14 bits per heavy atom. The largest absolute Gasteiger partial charge is 0.378 e. The minimum Gasteiger partial charge on any atom is -0.378 e. The molecule has 2 aliphatic rings. The van der Waals surface area contributed by atoms with Crippen molar-refractivity contribution in [3.05, 3.63) is 11.1 Å². The molecule has 0 atom stereocenters. The van der Waals surface area contributed by atoms with E-state index in [1.807, 2.05) is 6.92 Å². The third-order valence-corrected chi connectivity index (χ3v) is 2.64. The molecule has 76 valence electrons. The fraction of sp³-hybridized carbons (Fsp3) is 0.600. The number of nitrogens with one attached hydrogen (secondary N) is 1. The van der Waals surface area contributed by atoms with E-state index in [2.05, 4.69) is 5.32 Å². The molecular formula is C10H13NO3. The van der Waals surface area contributed by atoms with Gasteiger partial charge in [0.25, 0.3) is 5.91 Å². The normalized spacial score (nSPS) is 26.5. The highest BCUT2D eigenvalue weighted by Crippen LogP contribution is 2.34. The van der Waals surface area contributed by atoms with Crippen LogP contribution in [0.4, 0.5) is 0 Å². The van der Waals surface area contributed by atoms with Gasteiger partial charge in [0.05, 0.1) is 12.5 Å².